The van der Waals surface area contributed by atoms with Gasteiger partial charge in [0.05, 0.1) is 31.3 Å². The summed E-state index contributed by atoms with van der Waals surface area (Å²) in [7, 11) is -3.49. The van der Waals surface area contributed by atoms with Crippen molar-refractivity contribution in [2.45, 2.75) is 20.0 Å². The summed E-state index contributed by atoms with van der Waals surface area (Å²) in [5, 5.41) is 2.76. The minimum absolute atomic E-state index is 0.232. The highest BCUT2D eigenvalue weighted by Gasteiger charge is 2.19. The van der Waals surface area contributed by atoms with E-state index in [-0.39, 0.29) is 19.0 Å². The Morgan fingerprint density at radius 1 is 1.04 bits per heavy atom. The van der Waals surface area contributed by atoms with Gasteiger partial charge in [-0.25, -0.2) is 8.42 Å². The van der Waals surface area contributed by atoms with Crippen molar-refractivity contribution in [3.8, 4) is 0 Å². The number of furan rings is 1. The molecule has 0 aliphatic heterocycles. The molecular weight excluding hydrogens is 376 g/mol. The maximum atomic E-state index is 12.3. The summed E-state index contributed by atoms with van der Waals surface area (Å²) >= 11 is 0. The second kappa shape index (κ2) is 8.31. The van der Waals surface area contributed by atoms with E-state index >= 15 is 0 Å². The van der Waals surface area contributed by atoms with Crippen molar-refractivity contribution in [3.63, 3.8) is 0 Å². The number of carbonyl (C=O) groups is 1. The number of hydrogen-bond donors (Lipinski definition) is 1. The Labute approximate surface area is 164 Å². The first kappa shape index (κ1) is 19.7. The number of benzene rings is 2. The van der Waals surface area contributed by atoms with Gasteiger partial charge in [0, 0.05) is 5.56 Å². The monoisotopic (exact) mass is 398 g/mol. The summed E-state index contributed by atoms with van der Waals surface area (Å²) in [6.07, 6.45) is 2.72. The van der Waals surface area contributed by atoms with Crippen LogP contribution in [0.4, 0.5) is 5.69 Å². The van der Waals surface area contributed by atoms with Crippen molar-refractivity contribution in [2.24, 2.45) is 0 Å². The number of aryl methyl sites for hydroxylation is 1. The minimum atomic E-state index is -3.49. The normalized spacial score (nSPS) is 11.2. The van der Waals surface area contributed by atoms with E-state index in [0.717, 1.165) is 11.1 Å². The maximum absolute atomic E-state index is 12.3. The van der Waals surface area contributed by atoms with Crippen LogP contribution in [0.5, 0.6) is 0 Å². The molecule has 28 heavy (non-hydrogen) atoms. The minimum Gasteiger partial charge on any atom is -0.467 e. The number of rotatable bonds is 7. The molecule has 0 bridgehead atoms. The van der Waals surface area contributed by atoms with E-state index in [1.54, 1.807) is 42.7 Å². The van der Waals surface area contributed by atoms with E-state index in [1.165, 1.54) is 10.6 Å². The SMILES string of the molecule is Cc1ccccc1CN(c1ccc(C(=O)NCc2ccco2)cc1)S(C)(=O)=O. The lowest BCUT2D eigenvalue weighted by Gasteiger charge is -2.23. The van der Waals surface area contributed by atoms with Gasteiger partial charge in [-0.3, -0.25) is 9.10 Å². The molecule has 1 N–H and O–H groups in total. The number of nitrogens with zero attached hydrogens (tertiary/aromatic N) is 1. The summed E-state index contributed by atoms with van der Waals surface area (Å²) in [6.45, 7) is 2.47. The number of sulfonamides is 1. The van der Waals surface area contributed by atoms with Gasteiger partial charge >= 0.3 is 0 Å². The zero-order valence-corrected chi connectivity index (χ0v) is 16.6. The fourth-order valence-corrected chi connectivity index (χ4v) is 3.68. The summed E-state index contributed by atoms with van der Waals surface area (Å²) < 4.78 is 31.2. The van der Waals surface area contributed by atoms with Crippen LogP contribution in [-0.4, -0.2) is 20.6 Å². The molecule has 3 rings (SSSR count). The highest BCUT2D eigenvalue weighted by atomic mass is 32.2. The molecule has 2 aromatic carbocycles. The lowest BCUT2D eigenvalue weighted by atomic mass is 10.1. The van der Waals surface area contributed by atoms with Gasteiger partial charge in [-0.15, -0.1) is 0 Å². The average molecular weight is 398 g/mol. The molecule has 0 fully saturated rings. The van der Waals surface area contributed by atoms with Crippen molar-refractivity contribution in [2.75, 3.05) is 10.6 Å². The van der Waals surface area contributed by atoms with Crippen LogP contribution in [-0.2, 0) is 23.1 Å². The lowest BCUT2D eigenvalue weighted by Crippen LogP contribution is -2.29. The van der Waals surface area contributed by atoms with Gasteiger partial charge < -0.3 is 9.73 Å². The zero-order valence-electron chi connectivity index (χ0n) is 15.8. The van der Waals surface area contributed by atoms with Gasteiger partial charge in [-0.05, 0) is 54.4 Å². The van der Waals surface area contributed by atoms with Crippen molar-refractivity contribution in [1.82, 2.24) is 5.32 Å². The fourth-order valence-electron chi connectivity index (χ4n) is 2.80. The fraction of sp³-hybridized carbons (Fsp3) is 0.190. The predicted molar refractivity (Wildman–Crippen MR) is 109 cm³/mol. The first-order valence-corrected chi connectivity index (χ1v) is 10.6. The van der Waals surface area contributed by atoms with Crippen LogP contribution < -0.4 is 9.62 Å². The largest absolute Gasteiger partial charge is 0.467 e. The molecule has 0 aliphatic carbocycles. The van der Waals surface area contributed by atoms with E-state index < -0.39 is 10.0 Å². The molecule has 0 atom stereocenters. The third-order valence-electron chi connectivity index (χ3n) is 4.40. The summed E-state index contributed by atoms with van der Waals surface area (Å²) in [4.78, 5) is 12.3. The van der Waals surface area contributed by atoms with Crippen LogP contribution in [0.25, 0.3) is 0 Å². The van der Waals surface area contributed by atoms with Crippen LogP contribution in [0.1, 0.15) is 27.2 Å². The van der Waals surface area contributed by atoms with Gasteiger partial charge in [-0.2, -0.15) is 0 Å². The number of amides is 1. The third-order valence-corrected chi connectivity index (χ3v) is 5.54. The number of carbonyl (C=O) groups excluding carboxylic acids is 1. The molecule has 1 amide bonds. The molecule has 0 unspecified atom stereocenters. The Bertz CT molecular complexity index is 1040. The van der Waals surface area contributed by atoms with Crippen LogP contribution in [0.3, 0.4) is 0 Å². The van der Waals surface area contributed by atoms with Crippen LogP contribution in [0.2, 0.25) is 0 Å². The molecule has 7 heteroatoms. The molecule has 0 aliphatic rings. The predicted octanol–water partition coefficient (Wildman–Crippen LogP) is 3.48. The van der Waals surface area contributed by atoms with Crippen LogP contribution >= 0.6 is 0 Å². The Morgan fingerprint density at radius 2 is 1.75 bits per heavy atom. The summed E-state index contributed by atoms with van der Waals surface area (Å²) in [5.41, 5.74) is 2.89. The molecule has 6 nitrogen and oxygen atoms in total. The van der Waals surface area contributed by atoms with Crippen LogP contribution in [0, 0.1) is 6.92 Å². The number of hydrogen-bond acceptors (Lipinski definition) is 4. The Hall–Kier alpha value is -3.06. The van der Waals surface area contributed by atoms with Crippen molar-refractivity contribution in [3.05, 3.63) is 89.4 Å². The van der Waals surface area contributed by atoms with Gasteiger partial charge in [0.25, 0.3) is 5.91 Å². The third kappa shape index (κ3) is 4.80. The first-order valence-electron chi connectivity index (χ1n) is 8.77. The Morgan fingerprint density at radius 3 is 2.36 bits per heavy atom. The average Bonchev–Trinajstić information content (AvgIpc) is 3.18. The Balaban J connectivity index is 1.76. The van der Waals surface area contributed by atoms with E-state index in [9.17, 15) is 13.2 Å². The number of anilines is 1. The van der Waals surface area contributed by atoms with E-state index in [0.29, 0.717) is 17.0 Å². The van der Waals surface area contributed by atoms with Crippen molar-refractivity contribution >= 4 is 21.6 Å². The smallest absolute Gasteiger partial charge is 0.251 e. The molecule has 0 saturated carbocycles. The van der Waals surface area contributed by atoms with Gasteiger partial charge in [0.15, 0.2) is 0 Å². The van der Waals surface area contributed by atoms with Crippen molar-refractivity contribution < 1.29 is 17.6 Å². The van der Waals surface area contributed by atoms with Crippen molar-refractivity contribution in [1.29, 1.82) is 0 Å². The quantitative estimate of drug-likeness (QED) is 0.661. The summed E-state index contributed by atoms with van der Waals surface area (Å²) in [5.74, 6) is 0.402. The highest BCUT2D eigenvalue weighted by Crippen LogP contribution is 2.22. The van der Waals surface area contributed by atoms with E-state index in [4.69, 9.17) is 4.42 Å². The van der Waals surface area contributed by atoms with Gasteiger partial charge in [0.1, 0.15) is 5.76 Å². The molecule has 146 valence electrons. The molecule has 1 heterocycles. The van der Waals surface area contributed by atoms with E-state index in [1.807, 2.05) is 31.2 Å². The standard InChI is InChI=1S/C21H22N2O4S/c1-16-6-3-4-7-18(16)15-23(28(2,25)26)19-11-9-17(10-12-19)21(24)22-14-20-8-5-13-27-20/h3-13H,14-15H2,1-2H3,(H,22,24). The molecular formula is C21H22N2O4S. The first-order chi connectivity index (χ1) is 13.3. The highest BCUT2D eigenvalue weighted by molar-refractivity contribution is 7.92. The Kier molecular flexibility index (Phi) is 5.84. The lowest BCUT2D eigenvalue weighted by molar-refractivity contribution is 0.0948. The second-order valence-electron chi connectivity index (χ2n) is 6.51. The molecule has 0 radical (unpaired) electrons. The molecule has 0 spiro atoms. The topological polar surface area (TPSA) is 79.6 Å². The summed E-state index contributed by atoms with van der Waals surface area (Å²) in [6, 6.07) is 17.7. The molecule has 3 aromatic rings. The molecule has 1 aromatic heterocycles. The van der Waals surface area contributed by atoms with Gasteiger partial charge in [-0.1, -0.05) is 24.3 Å². The second-order valence-corrected chi connectivity index (χ2v) is 8.41. The van der Waals surface area contributed by atoms with Crippen LogP contribution in [0.15, 0.2) is 71.3 Å². The molecule has 0 saturated heterocycles. The maximum Gasteiger partial charge on any atom is 0.251 e. The van der Waals surface area contributed by atoms with E-state index in [2.05, 4.69) is 5.32 Å². The van der Waals surface area contributed by atoms with Gasteiger partial charge in [0.2, 0.25) is 10.0 Å². The zero-order chi connectivity index (χ0) is 20.1. The number of nitrogens with one attached hydrogen (secondary N) is 1.